The number of hydrogen-bond donors (Lipinski definition) is 2. The van der Waals surface area contributed by atoms with E-state index in [0.29, 0.717) is 12.2 Å². The first-order valence-corrected chi connectivity index (χ1v) is 12.1. The van der Waals surface area contributed by atoms with Crippen LogP contribution in [-0.4, -0.2) is 55.4 Å². The quantitative estimate of drug-likeness (QED) is 0.698. The van der Waals surface area contributed by atoms with Gasteiger partial charge in [-0.25, -0.2) is 4.79 Å². The molecule has 2 heterocycles. The van der Waals surface area contributed by atoms with E-state index in [0.717, 1.165) is 48.5 Å². The monoisotopic (exact) mass is 461 g/mol. The molecule has 2 aliphatic rings. The summed E-state index contributed by atoms with van der Waals surface area (Å²) in [5, 5.41) is 5.70. The lowest BCUT2D eigenvalue weighted by molar-refractivity contribution is -0.120. The molecule has 34 heavy (non-hydrogen) atoms. The van der Waals surface area contributed by atoms with Crippen molar-refractivity contribution in [3.63, 3.8) is 0 Å². The van der Waals surface area contributed by atoms with E-state index in [9.17, 15) is 9.59 Å². The number of fused-ring (bicyclic) bond motifs is 1. The van der Waals surface area contributed by atoms with Gasteiger partial charge in [0.25, 0.3) is 5.91 Å². The molecular formula is C27H35N5O2. The van der Waals surface area contributed by atoms with E-state index in [4.69, 9.17) is 4.99 Å². The summed E-state index contributed by atoms with van der Waals surface area (Å²) in [6.07, 6.45) is 0.972. The molecular weight excluding hydrogens is 426 g/mol. The van der Waals surface area contributed by atoms with Crippen molar-refractivity contribution in [2.45, 2.75) is 39.8 Å². The van der Waals surface area contributed by atoms with E-state index in [1.165, 1.54) is 0 Å². The number of amides is 3. The number of piperidine rings is 1. The highest BCUT2D eigenvalue weighted by Gasteiger charge is 2.35. The molecule has 0 radical (unpaired) electrons. The first-order chi connectivity index (χ1) is 16.3. The minimum atomic E-state index is -0.981. The largest absolute Gasteiger partial charge is 0.321 e. The minimum Gasteiger partial charge on any atom is -0.308 e. The summed E-state index contributed by atoms with van der Waals surface area (Å²) in [5.74, 6) is 0.306. The number of para-hydroxylation sites is 1. The number of benzodiazepines with no additional fused rings is 1. The molecule has 2 aromatic carbocycles. The predicted molar refractivity (Wildman–Crippen MR) is 138 cm³/mol. The maximum Gasteiger partial charge on any atom is 0.321 e. The van der Waals surface area contributed by atoms with Gasteiger partial charge in [-0.2, -0.15) is 0 Å². The summed E-state index contributed by atoms with van der Waals surface area (Å²) in [7, 11) is 2.13. The van der Waals surface area contributed by atoms with Crippen LogP contribution >= 0.6 is 0 Å². The third-order valence-corrected chi connectivity index (χ3v) is 6.44. The fraction of sp³-hybridized carbons (Fsp3) is 0.444. The Bertz CT molecular complexity index is 1070. The van der Waals surface area contributed by atoms with Crippen LogP contribution < -0.4 is 15.5 Å². The molecule has 1 unspecified atom stereocenters. The number of aliphatic imine (C=N–C) groups is 1. The minimum absolute atomic E-state index is 0.205. The fourth-order valence-corrected chi connectivity index (χ4v) is 4.72. The second-order valence-corrected chi connectivity index (χ2v) is 9.82. The van der Waals surface area contributed by atoms with Gasteiger partial charge in [-0.1, -0.05) is 44.2 Å². The number of carbonyl (C=O) groups excluding carboxylic acids is 2. The molecule has 1 atom stereocenters. The molecule has 0 aliphatic carbocycles. The number of rotatable bonds is 5. The van der Waals surface area contributed by atoms with Gasteiger partial charge in [0, 0.05) is 23.7 Å². The van der Waals surface area contributed by atoms with Gasteiger partial charge in [0.05, 0.1) is 11.4 Å². The van der Waals surface area contributed by atoms with Crippen LogP contribution in [0.1, 0.15) is 37.8 Å². The number of hydrogen-bond acceptors (Lipinski definition) is 4. The van der Waals surface area contributed by atoms with Crippen LogP contribution in [0.25, 0.3) is 0 Å². The summed E-state index contributed by atoms with van der Waals surface area (Å²) < 4.78 is 0. The number of nitrogens with zero attached hydrogens (tertiary/aromatic N) is 3. The molecule has 3 amide bonds. The Morgan fingerprint density at radius 2 is 1.85 bits per heavy atom. The molecule has 7 nitrogen and oxygen atoms in total. The van der Waals surface area contributed by atoms with E-state index < -0.39 is 12.2 Å². The molecule has 2 N–H and O–H groups in total. The van der Waals surface area contributed by atoms with Crippen LogP contribution in [0.5, 0.6) is 0 Å². The van der Waals surface area contributed by atoms with Gasteiger partial charge in [-0.05, 0) is 69.6 Å². The van der Waals surface area contributed by atoms with Gasteiger partial charge in [0.2, 0.25) is 6.17 Å². The van der Waals surface area contributed by atoms with Crippen molar-refractivity contribution in [3.8, 4) is 0 Å². The third-order valence-electron chi connectivity index (χ3n) is 6.44. The summed E-state index contributed by atoms with van der Waals surface area (Å²) in [4.78, 5) is 35.7. The first-order valence-electron chi connectivity index (χ1n) is 12.1. The molecule has 0 saturated carbocycles. The molecule has 180 valence electrons. The molecule has 4 rings (SSSR count). The van der Waals surface area contributed by atoms with Gasteiger partial charge in [-0.15, -0.1) is 0 Å². The maximum atomic E-state index is 13.7. The van der Waals surface area contributed by atoms with Crippen molar-refractivity contribution >= 4 is 29.0 Å². The number of aryl methyl sites for hydroxylation is 1. The van der Waals surface area contributed by atoms with Crippen LogP contribution in [0.4, 0.5) is 16.2 Å². The zero-order valence-corrected chi connectivity index (χ0v) is 20.5. The first kappa shape index (κ1) is 24.0. The lowest BCUT2D eigenvalue weighted by Crippen LogP contribution is -2.49. The van der Waals surface area contributed by atoms with Crippen LogP contribution in [0, 0.1) is 18.8 Å². The lowest BCUT2D eigenvalue weighted by atomic mass is 9.87. The smallest absolute Gasteiger partial charge is 0.308 e. The standard InChI is InChI=1S/C27H35N5O2/c1-18(2)17-32-23-11-6-5-10-22(23)24(20-12-14-31(4)15-13-20)29-25(26(32)33)30-27(34)28-21-9-7-8-19(3)16-21/h5-11,16,18,20,25H,12-15,17H2,1-4H3,(H2,28,30,34). The van der Waals surface area contributed by atoms with Crippen molar-refractivity contribution < 1.29 is 9.59 Å². The highest BCUT2D eigenvalue weighted by molar-refractivity contribution is 6.14. The molecule has 7 heteroatoms. The Hall–Kier alpha value is -3.19. The van der Waals surface area contributed by atoms with Gasteiger partial charge in [0.15, 0.2) is 0 Å². The molecule has 0 spiro atoms. The van der Waals surface area contributed by atoms with E-state index >= 15 is 0 Å². The summed E-state index contributed by atoms with van der Waals surface area (Å²) in [6, 6.07) is 15.2. The van der Waals surface area contributed by atoms with E-state index in [1.54, 1.807) is 4.90 Å². The van der Waals surface area contributed by atoms with Gasteiger partial charge < -0.3 is 20.4 Å². The zero-order chi connectivity index (χ0) is 24.2. The number of anilines is 2. The summed E-state index contributed by atoms with van der Waals surface area (Å²) in [5.41, 5.74) is 4.52. The SMILES string of the molecule is Cc1cccc(NC(=O)NC2N=C(C3CCN(C)CC3)c3ccccc3N(CC(C)C)C2=O)c1. The van der Waals surface area contributed by atoms with Gasteiger partial charge in [-0.3, -0.25) is 9.79 Å². The van der Waals surface area contributed by atoms with Crippen molar-refractivity contribution in [1.29, 1.82) is 0 Å². The van der Waals surface area contributed by atoms with Crippen molar-refractivity contribution in [3.05, 3.63) is 59.7 Å². The number of carbonyl (C=O) groups is 2. The van der Waals surface area contributed by atoms with Crippen LogP contribution in [0.15, 0.2) is 53.5 Å². The Morgan fingerprint density at radius 3 is 2.56 bits per heavy atom. The van der Waals surface area contributed by atoms with Crippen LogP contribution in [0.2, 0.25) is 0 Å². The van der Waals surface area contributed by atoms with Gasteiger partial charge >= 0.3 is 6.03 Å². The van der Waals surface area contributed by atoms with Crippen LogP contribution in [0.3, 0.4) is 0 Å². The second-order valence-electron chi connectivity index (χ2n) is 9.82. The van der Waals surface area contributed by atoms with Crippen LogP contribution in [-0.2, 0) is 4.79 Å². The lowest BCUT2D eigenvalue weighted by Gasteiger charge is -2.30. The number of urea groups is 1. The second kappa shape index (κ2) is 10.4. The summed E-state index contributed by atoms with van der Waals surface area (Å²) in [6.45, 7) is 8.68. The third kappa shape index (κ3) is 5.47. The Balaban J connectivity index is 1.68. The van der Waals surface area contributed by atoms with E-state index in [1.807, 2.05) is 49.4 Å². The predicted octanol–water partition coefficient (Wildman–Crippen LogP) is 4.28. The molecule has 2 aromatic rings. The molecule has 1 fully saturated rings. The van der Waals surface area contributed by atoms with E-state index in [-0.39, 0.29) is 17.7 Å². The van der Waals surface area contributed by atoms with Crippen molar-refractivity contribution in [2.75, 3.05) is 36.9 Å². The molecule has 1 saturated heterocycles. The fourth-order valence-electron chi connectivity index (χ4n) is 4.72. The van der Waals surface area contributed by atoms with Crippen molar-refractivity contribution in [2.24, 2.45) is 16.8 Å². The normalized spacial score (nSPS) is 19.4. The highest BCUT2D eigenvalue weighted by atomic mass is 16.2. The van der Waals surface area contributed by atoms with E-state index in [2.05, 4.69) is 42.5 Å². The Morgan fingerprint density at radius 1 is 1.12 bits per heavy atom. The maximum absolute atomic E-state index is 13.7. The summed E-state index contributed by atoms with van der Waals surface area (Å²) >= 11 is 0. The average Bonchev–Trinajstić information content (AvgIpc) is 2.90. The van der Waals surface area contributed by atoms with Gasteiger partial charge in [0.1, 0.15) is 0 Å². The molecule has 0 aromatic heterocycles. The zero-order valence-electron chi connectivity index (χ0n) is 20.5. The highest BCUT2D eigenvalue weighted by Crippen LogP contribution is 2.32. The Labute approximate surface area is 202 Å². The average molecular weight is 462 g/mol. The Kier molecular flexibility index (Phi) is 7.32. The van der Waals surface area contributed by atoms with Crippen molar-refractivity contribution in [1.82, 2.24) is 10.2 Å². The number of nitrogens with one attached hydrogen (secondary N) is 2. The number of benzene rings is 2. The number of likely N-dealkylation sites (tertiary alicyclic amines) is 1. The molecule has 2 aliphatic heterocycles. The topological polar surface area (TPSA) is 77.0 Å². The molecule has 0 bridgehead atoms.